The molecule has 0 spiro atoms. The first-order valence-electron chi connectivity index (χ1n) is 5.56. The summed E-state index contributed by atoms with van der Waals surface area (Å²) in [6, 6.07) is -0.126. The lowest BCUT2D eigenvalue weighted by Crippen LogP contribution is -2.39. The van der Waals surface area contributed by atoms with Crippen LogP contribution in [0, 0.1) is 5.92 Å². The number of rotatable bonds is 7. The van der Waals surface area contributed by atoms with E-state index in [1.807, 2.05) is 6.92 Å². The summed E-state index contributed by atoms with van der Waals surface area (Å²) < 4.78 is 0. The maximum Gasteiger partial charge on any atom is 0.223 e. The Bertz CT molecular complexity index is 153. The second-order valence-corrected chi connectivity index (χ2v) is 3.87. The zero-order valence-electron chi connectivity index (χ0n) is 9.55. The van der Waals surface area contributed by atoms with Gasteiger partial charge in [0.2, 0.25) is 5.91 Å². The Balaban J connectivity index is 4.00. The third kappa shape index (κ3) is 5.22. The van der Waals surface area contributed by atoms with Crippen molar-refractivity contribution < 1.29 is 9.90 Å². The maximum absolute atomic E-state index is 11.7. The van der Waals surface area contributed by atoms with Crippen molar-refractivity contribution in [3.05, 3.63) is 0 Å². The molecular weight excluding hydrogens is 178 g/mol. The molecular formula is C11H23NO2. The summed E-state index contributed by atoms with van der Waals surface area (Å²) in [5.74, 6) is 0.217. The largest absolute Gasteiger partial charge is 0.394 e. The number of hydrogen-bond donors (Lipinski definition) is 2. The Labute approximate surface area is 86.9 Å². The molecule has 0 saturated heterocycles. The van der Waals surface area contributed by atoms with Gasteiger partial charge in [0.1, 0.15) is 0 Å². The van der Waals surface area contributed by atoms with Gasteiger partial charge in [-0.15, -0.1) is 0 Å². The minimum atomic E-state index is -0.126. The molecule has 2 N–H and O–H groups in total. The van der Waals surface area contributed by atoms with E-state index in [4.69, 9.17) is 5.11 Å². The molecule has 0 fully saturated rings. The summed E-state index contributed by atoms with van der Waals surface area (Å²) in [7, 11) is 0. The molecule has 0 aromatic heterocycles. The lowest BCUT2D eigenvalue weighted by atomic mass is 9.97. The topological polar surface area (TPSA) is 49.3 Å². The van der Waals surface area contributed by atoms with E-state index in [9.17, 15) is 4.79 Å². The van der Waals surface area contributed by atoms with Crippen LogP contribution in [0.5, 0.6) is 0 Å². The van der Waals surface area contributed by atoms with Crippen molar-refractivity contribution in [2.24, 2.45) is 5.92 Å². The molecule has 0 aromatic rings. The summed E-state index contributed by atoms with van der Waals surface area (Å²) in [6.45, 7) is 6.00. The van der Waals surface area contributed by atoms with Gasteiger partial charge >= 0.3 is 0 Å². The molecule has 3 heteroatoms. The molecule has 0 saturated carbocycles. The number of carbonyl (C=O) groups is 1. The molecule has 14 heavy (non-hydrogen) atoms. The van der Waals surface area contributed by atoms with Gasteiger partial charge in [0, 0.05) is 12.0 Å². The van der Waals surface area contributed by atoms with E-state index >= 15 is 0 Å². The maximum atomic E-state index is 11.7. The highest BCUT2D eigenvalue weighted by Gasteiger charge is 2.17. The predicted molar refractivity (Wildman–Crippen MR) is 58.0 cm³/mol. The first-order chi connectivity index (χ1) is 6.65. The van der Waals surface area contributed by atoms with Gasteiger partial charge in [-0.1, -0.05) is 26.7 Å². The van der Waals surface area contributed by atoms with Crippen LogP contribution in [0.25, 0.3) is 0 Å². The zero-order chi connectivity index (χ0) is 11.0. The van der Waals surface area contributed by atoms with Gasteiger partial charge < -0.3 is 10.4 Å². The molecule has 0 aliphatic heterocycles. The number of amides is 1. The minimum absolute atomic E-state index is 0.0106. The summed E-state index contributed by atoms with van der Waals surface area (Å²) >= 11 is 0. The van der Waals surface area contributed by atoms with Gasteiger partial charge in [0.05, 0.1) is 6.61 Å². The smallest absolute Gasteiger partial charge is 0.223 e. The third-order valence-corrected chi connectivity index (χ3v) is 2.31. The van der Waals surface area contributed by atoms with Crippen molar-refractivity contribution in [1.29, 1.82) is 0 Å². The monoisotopic (exact) mass is 201 g/mol. The van der Waals surface area contributed by atoms with Crippen LogP contribution in [0.4, 0.5) is 0 Å². The highest BCUT2D eigenvalue weighted by Crippen LogP contribution is 2.13. The highest BCUT2D eigenvalue weighted by molar-refractivity contribution is 5.78. The van der Waals surface area contributed by atoms with Crippen LogP contribution in [0.1, 0.15) is 46.5 Å². The van der Waals surface area contributed by atoms with Gasteiger partial charge in [0.15, 0.2) is 0 Å². The number of aliphatic hydroxyl groups excluding tert-OH is 1. The van der Waals surface area contributed by atoms with Crippen molar-refractivity contribution in [1.82, 2.24) is 5.32 Å². The third-order valence-electron chi connectivity index (χ3n) is 2.31. The Morgan fingerprint density at radius 3 is 2.14 bits per heavy atom. The van der Waals surface area contributed by atoms with Crippen molar-refractivity contribution in [3.8, 4) is 0 Å². The van der Waals surface area contributed by atoms with Gasteiger partial charge in [-0.2, -0.15) is 0 Å². The molecule has 0 bridgehead atoms. The summed E-state index contributed by atoms with van der Waals surface area (Å²) in [5, 5.41) is 11.6. The lowest BCUT2D eigenvalue weighted by molar-refractivity contribution is -0.126. The zero-order valence-corrected chi connectivity index (χ0v) is 9.55. The second-order valence-electron chi connectivity index (χ2n) is 3.87. The highest BCUT2D eigenvalue weighted by atomic mass is 16.3. The molecule has 1 unspecified atom stereocenters. The Hall–Kier alpha value is -0.570. The molecule has 0 aromatic carbocycles. The van der Waals surface area contributed by atoms with Crippen LogP contribution in [0.15, 0.2) is 0 Å². The number of nitrogens with one attached hydrogen (secondary N) is 1. The fourth-order valence-electron chi connectivity index (χ4n) is 1.51. The molecule has 0 aliphatic carbocycles. The molecule has 1 amide bonds. The number of carbonyl (C=O) groups excluding carboxylic acids is 1. The number of hydrogen-bond acceptors (Lipinski definition) is 2. The number of aliphatic hydroxyl groups is 1. The van der Waals surface area contributed by atoms with Gasteiger partial charge in [-0.05, 0) is 19.8 Å². The standard InChI is InChI=1S/C11H23NO2/c1-4-6-10(7-5-2)11(14)12-9(3)8-13/h9-10,13H,4-8H2,1-3H3,(H,12,14). The molecule has 1 atom stereocenters. The van der Waals surface area contributed by atoms with Gasteiger partial charge in [-0.25, -0.2) is 0 Å². The van der Waals surface area contributed by atoms with E-state index in [2.05, 4.69) is 19.2 Å². The quantitative estimate of drug-likeness (QED) is 0.658. The first kappa shape index (κ1) is 13.4. The molecule has 3 nitrogen and oxygen atoms in total. The SMILES string of the molecule is CCCC(CCC)C(=O)NC(C)CO. The van der Waals surface area contributed by atoms with Crippen LogP contribution in [-0.4, -0.2) is 23.7 Å². The van der Waals surface area contributed by atoms with Gasteiger partial charge in [0.25, 0.3) is 0 Å². The normalized spacial score (nSPS) is 12.9. The minimum Gasteiger partial charge on any atom is -0.394 e. The fourth-order valence-corrected chi connectivity index (χ4v) is 1.51. The summed E-state index contributed by atoms with van der Waals surface area (Å²) in [5.41, 5.74) is 0. The van der Waals surface area contributed by atoms with Crippen molar-refractivity contribution in [2.45, 2.75) is 52.5 Å². The second kappa shape index (κ2) is 7.80. The predicted octanol–water partition coefficient (Wildman–Crippen LogP) is 1.70. The van der Waals surface area contributed by atoms with E-state index in [1.54, 1.807) is 0 Å². The van der Waals surface area contributed by atoms with E-state index in [-0.39, 0.29) is 24.5 Å². The average Bonchev–Trinajstić information content (AvgIpc) is 2.17. The Morgan fingerprint density at radius 2 is 1.79 bits per heavy atom. The van der Waals surface area contributed by atoms with E-state index in [1.165, 1.54) is 0 Å². The van der Waals surface area contributed by atoms with Gasteiger partial charge in [-0.3, -0.25) is 4.79 Å². The molecule has 0 rings (SSSR count). The average molecular weight is 201 g/mol. The van der Waals surface area contributed by atoms with E-state index in [0.717, 1.165) is 25.7 Å². The lowest BCUT2D eigenvalue weighted by Gasteiger charge is -2.18. The first-order valence-corrected chi connectivity index (χ1v) is 5.56. The summed E-state index contributed by atoms with van der Waals surface area (Å²) in [4.78, 5) is 11.7. The van der Waals surface area contributed by atoms with Crippen molar-refractivity contribution in [2.75, 3.05) is 6.61 Å². The molecule has 0 aliphatic rings. The fraction of sp³-hybridized carbons (Fsp3) is 0.909. The Morgan fingerprint density at radius 1 is 1.29 bits per heavy atom. The van der Waals surface area contributed by atoms with Crippen molar-refractivity contribution >= 4 is 5.91 Å². The van der Waals surface area contributed by atoms with Crippen LogP contribution in [-0.2, 0) is 4.79 Å². The Kier molecular flexibility index (Phi) is 7.48. The van der Waals surface area contributed by atoms with Crippen LogP contribution in [0.3, 0.4) is 0 Å². The van der Waals surface area contributed by atoms with Crippen LogP contribution < -0.4 is 5.32 Å². The summed E-state index contributed by atoms with van der Waals surface area (Å²) in [6.07, 6.45) is 3.95. The molecule has 84 valence electrons. The van der Waals surface area contributed by atoms with Crippen LogP contribution >= 0.6 is 0 Å². The van der Waals surface area contributed by atoms with E-state index in [0.29, 0.717) is 0 Å². The van der Waals surface area contributed by atoms with E-state index < -0.39 is 0 Å². The molecule has 0 heterocycles. The van der Waals surface area contributed by atoms with Crippen molar-refractivity contribution in [3.63, 3.8) is 0 Å². The molecule has 0 radical (unpaired) electrons. The van der Waals surface area contributed by atoms with Crippen LogP contribution in [0.2, 0.25) is 0 Å².